The molecular formula is C23H25FN2O3. The molecule has 0 radical (unpaired) electrons. The third-order valence-corrected chi connectivity index (χ3v) is 6.28. The van der Waals surface area contributed by atoms with Gasteiger partial charge < -0.3 is 14.9 Å². The lowest BCUT2D eigenvalue weighted by atomic mass is 9.87. The molecule has 2 heterocycles. The largest absolute Gasteiger partial charge is 0.387 e. The van der Waals surface area contributed by atoms with Crippen molar-refractivity contribution in [2.45, 2.75) is 19.9 Å². The van der Waals surface area contributed by atoms with Crippen molar-refractivity contribution in [3.63, 3.8) is 0 Å². The number of aliphatic hydroxyl groups is 1. The summed E-state index contributed by atoms with van der Waals surface area (Å²) < 4.78 is 14.5. The first-order valence-corrected chi connectivity index (χ1v) is 9.92. The first-order chi connectivity index (χ1) is 13.9. The molecular weight excluding hydrogens is 371 g/mol. The van der Waals surface area contributed by atoms with Crippen LogP contribution in [0.3, 0.4) is 0 Å². The predicted molar refractivity (Wildman–Crippen MR) is 107 cm³/mol. The van der Waals surface area contributed by atoms with Crippen LogP contribution in [0.4, 0.5) is 4.39 Å². The summed E-state index contributed by atoms with van der Waals surface area (Å²) in [6.07, 6.45) is 0. The fraction of sp³-hybridized carbons (Fsp3) is 0.391. The number of amides is 2. The average Bonchev–Trinajstić information content (AvgIpc) is 3.25. The molecule has 2 amide bonds. The molecule has 2 fully saturated rings. The van der Waals surface area contributed by atoms with Crippen molar-refractivity contribution in [3.8, 4) is 0 Å². The molecule has 1 N–H and O–H groups in total. The zero-order valence-electron chi connectivity index (χ0n) is 16.6. The van der Waals surface area contributed by atoms with Crippen molar-refractivity contribution in [1.29, 1.82) is 0 Å². The van der Waals surface area contributed by atoms with Crippen molar-refractivity contribution in [2.75, 3.05) is 26.2 Å². The van der Waals surface area contributed by atoms with Gasteiger partial charge in [-0.15, -0.1) is 0 Å². The van der Waals surface area contributed by atoms with Crippen molar-refractivity contribution in [3.05, 3.63) is 70.5 Å². The van der Waals surface area contributed by atoms with Crippen molar-refractivity contribution in [2.24, 2.45) is 11.8 Å². The molecule has 4 rings (SSSR count). The zero-order valence-corrected chi connectivity index (χ0v) is 16.6. The number of rotatable bonds is 3. The number of nitrogens with zero attached hydrogens (tertiary/aromatic N) is 2. The molecule has 2 aromatic carbocycles. The van der Waals surface area contributed by atoms with Crippen molar-refractivity contribution in [1.82, 2.24) is 9.80 Å². The smallest absolute Gasteiger partial charge is 0.257 e. The van der Waals surface area contributed by atoms with E-state index in [-0.39, 0.29) is 35.3 Å². The molecule has 0 spiro atoms. The predicted octanol–water partition coefficient (Wildman–Crippen LogP) is 2.71. The van der Waals surface area contributed by atoms with Crippen LogP contribution in [0.15, 0.2) is 42.5 Å². The molecule has 3 atom stereocenters. The molecule has 152 valence electrons. The summed E-state index contributed by atoms with van der Waals surface area (Å²) in [7, 11) is 0. The van der Waals surface area contributed by atoms with Crippen LogP contribution in [-0.2, 0) is 4.79 Å². The highest BCUT2D eigenvalue weighted by molar-refractivity contribution is 5.95. The Morgan fingerprint density at radius 1 is 1.10 bits per heavy atom. The Hall–Kier alpha value is -2.73. The van der Waals surface area contributed by atoms with Gasteiger partial charge in [0.05, 0.1) is 11.6 Å². The highest BCUT2D eigenvalue weighted by atomic mass is 19.1. The molecule has 0 bridgehead atoms. The summed E-state index contributed by atoms with van der Waals surface area (Å²) in [4.78, 5) is 28.8. The Bertz CT molecular complexity index is 961. The maximum Gasteiger partial charge on any atom is 0.257 e. The molecule has 6 heteroatoms. The van der Waals surface area contributed by atoms with E-state index >= 15 is 0 Å². The van der Waals surface area contributed by atoms with Crippen molar-refractivity contribution >= 4 is 11.8 Å². The number of halogens is 1. The highest BCUT2D eigenvalue weighted by Gasteiger charge is 2.50. The molecule has 2 aliphatic heterocycles. The number of carbonyl (C=O) groups excluding carboxylic acids is 2. The Balaban J connectivity index is 1.71. The van der Waals surface area contributed by atoms with Crippen LogP contribution < -0.4 is 0 Å². The molecule has 0 unspecified atom stereocenters. The van der Waals surface area contributed by atoms with Gasteiger partial charge in [0.15, 0.2) is 0 Å². The number of aryl methyl sites for hydroxylation is 2. The lowest BCUT2D eigenvalue weighted by molar-refractivity contribution is -0.133. The lowest BCUT2D eigenvalue weighted by Crippen LogP contribution is -2.38. The molecule has 5 nitrogen and oxygen atoms in total. The third-order valence-electron chi connectivity index (χ3n) is 6.28. The van der Waals surface area contributed by atoms with Gasteiger partial charge in [-0.3, -0.25) is 9.59 Å². The first-order valence-electron chi connectivity index (χ1n) is 9.92. The number of hydrogen-bond acceptors (Lipinski definition) is 3. The Kier molecular flexibility index (Phi) is 5.13. The summed E-state index contributed by atoms with van der Waals surface area (Å²) >= 11 is 0. The Labute approximate surface area is 169 Å². The van der Waals surface area contributed by atoms with Gasteiger partial charge in [-0.25, -0.2) is 4.39 Å². The maximum atomic E-state index is 14.5. The topological polar surface area (TPSA) is 60.9 Å². The van der Waals surface area contributed by atoms with E-state index in [1.54, 1.807) is 28.9 Å². The van der Waals surface area contributed by atoms with E-state index in [0.717, 1.165) is 16.7 Å². The minimum absolute atomic E-state index is 0.0593. The van der Waals surface area contributed by atoms with Gasteiger partial charge in [0.2, 0.25) is 5.91 Å². The van der Waals surface area contributed by atoms with E-state index in [1.807, 2.05) is 31.2 Å². The van der Waals surface area contributed by atoms with E-state index in [2.05, 4.69) is 0 Å². The van der Waals surface area contributed by atoms with Crippen LogP contribution in [0, 0.1) is 31.5 Å². The molecule has 0 aromatic heterocycles. The van der Waals surface area contributed by atoms with Crippen LogP contribution in [0.2, 0.25) is 0 Å². The fourth-order valence-electron chi connectivity index (χ4n) is 4.82. The average molecular weight is 396 g/mol. The first kappa shape index (κ1) is 19.6. The molecule has 2 saturated heterocycles. The Morgan fingerprint density at radius 3 is 2.55 bits per heavy atom. The normalized spacial score (nSPS) is 23.4. The molecule has 29 heavy (non-hydrogen) atoms. The van der Waals surface area contributed by atoms with Crippen LogP contribution in [0.5, 0.6) is 0 Å². The van der Waals surface area contributed by atoms with Gasteiger partial charge in [0.25, 0.3) is 5.91 Å². The fourth-order valence-corrected chi connectivity index (χ4v) is 4.82. The van der Waals surface area contributed by atoms with Crippen LogP contribution in [-0.4, -0.2) is 53.0 Å². The number of carbonyl (C=O) groups is 2. The second-order valence-electron chi connectivity index (χ2n) is 8.12. The van der Waals surface area contributed by atoms with E-state index in [9.17, 15) is 19.1 Å². The van der Waals surface area contributed by atoms with Gasteiger partial charge in [-0.1, -0.05) is 30.3 Å². The number of aliphatic hydroxyl groups excluding tert-OH is 1. The van der Waals surface area contributed by atoms with Gasteiger partial charge in [-0.2, -0.15) is 0 Å². The molecule has 2 aliphatic rings. The molecule has 0 aliphatic carbocycles. The summed E-state index contributed by atoms with van der Waals surface area (Å²) in [6.45, 7) is 4.75. The van der Waals surface area contributed by atoms with Crippen LogP contribution >= 0.6 is 0 Å². The minimum Gasteiger partial charge on any atom is -0.387 e. The van der Waals surface area contributed by atoms with Crippen molar-refractivity contribution < 1.29 is 19.1 Å². The van der Waals surface area contributed by atoms with Crippen LogP contribution in [0.25, 0.3) is 0 Å². The third kappa shape index (κ3) is 3.42. The summed E-state index contributed by atoms with van der Waals surface area (Å²) in [5.41, 5.74) is 2.94. The van der Waals surface area contributed by atoms with Crippen LogP contribution in [0.1, 0.15) is 33.1 Å². The highest BCUT2D eigenvalue weighted by Crippen LogP contribution is 2.46. The number of likely N-dealkylation sites (tertiary alicyclic amines) is 2. The van der Waals surface area contributed by atoms with E-state index in [1.165, 1.54) is 6.07 Å². The monoisotopic (exact) mass is 396 g/mol. The second-order valence-corrected chi connectivity index (χ2v) is 8.12. The second kappa shape index (κ2) is 7.59. The maximum absolute atomic E-state index is 14.5. The van der Waals surface area contributed by atoms with Gasteiger partial charge in [0.1, 0.15) is 12.4 Å². The van der Waals surface area contributed by atoms with E-state index in [4.69, 9.17) is 0 Å². The standard InChI is InChI=1S/C23H25FN2O3/c1-14-7-8-18(20(24)9-14)23(29)26-11-16-10-25(21(28)13-27)12-19(16)22(26)17-6-4-3-5-15(17)2/h3-9,16,19,22,27H,10-13H2,1-2H3/t16-,19-,22+/m0/s1. The minimum atomic E-state index is -0.508. The molecule has 0 saturated carbocycles. The summed E-state index contributed by atoms with van der Waals surface area (Å²) in [5, 5.41) is 9.23. The van der Waals surface area contributed by atoms with E-state index < -0.39 is 12.4 Å². The summed E-state index contributed by atoms with van der Waals surface area (Å²) in [5.74, 6) is -0.945. The zero-order chi connectivity index (χ0) is 20.7. The van der Waals surface area contributed by atoms with Gasteiger partial charge in [-0.05, 0) is 42.7 Å². The lowest BCUT2D eigenvalue weighted by Gasteiger charge is -2.31. The number of hydrogen-bond donors (Lipinski definition) is 1. The number of benzene rings is 2. The van der Waals surface area contributed by atoms with E-state index in [0.29, 0.717) is 19.6 Å². The Morgan fingerprint density at radius 2 is 1.86 bits per heavy atom. The van der Waals surface area contributed by atoms with Gasteiger partial charge in [0, 0.05) is 31.5 Å². The SMILES string of the molecule is Cc1ccc(C(=O)N2C[C@@H]3CN(C(=O)CO)C[C@@H]3[C@H]2c2ccccc2C)c(F)c1. The summed E-state index contributed by atoms with van der Waals surface area (Å²) in [6, 6.07) is 12.4. The molecule has 2 aromatic rings. The quantitative estimate of drug-likeness (QED) is 0.868. The van der Waals surface area contributed by atoms with Gasteiger partial charge >= 0.3 is 0 Å². The number of fused-ring (bicyclic) bond motifs is 1.